The summed E-state index contributed by atoms with van der Waals surface area (Å²) in [5.74, 6) is -1.93. The monoisotopic (exact) mass is 513 g/mol. The van der Waals surface area contributed by atoms with E-state index in [-0.39, 0.29) is 13.1 Å². The van der Waals surface area contributed by atoms with Crippen molar-refractivity contribution in [1.82, 2.24) is 4.90 Å². The first kappa shape index (κ1) is 33.2. The lowest BCUT2D eigenvalue weighted by atomic mass is 10.1. The van der Waals surface area contributed by atoms with Crippen LogP contribution >= 0.6 is 0 Å². The molecule has 0 atom stereocenters. The summed E-state index contributed by atoms with van der Waals surface area (Å²) in [5.41, 5.74) is 0. The van der Waals surface area contributed by atoms with Crippen LogP contribution < -0.4 is 0 Å². The molecule has 0 N–H and O–H groups in total. The van der Waals surface area contributed by atoms with Crippen molar-refractivity contribution in [2.24, 2.45) is 0 Å². The molecule has 0 aliphatic carbocycles. The van der Waals surface area contributed by atoms with Gasteiger partial charge in [-0.15, -0.1) is 0 Å². The highest BCUT2D eigenvalue weighted by atomic mass is 32.3. The van der Waals surface area contributed by atoms with Crippen LogP contribution in [0.5, 0.6) is 0 Å². The minimum absolute atomic E-state index is 0.0396. The standard InChI is InChI=1S/C26H50F3NO3S/c1-3-5-7-9-11-13-15-17-19-21-23-30(25(31)26(27,28)34(29,32)33)24-22-20-18-16-14-12-10-8-6-4-2/h3-24H2,1-2H3. The molecular formula is C26H50F3NO3S. The molecule has 0 aromatic carbocycles. The number of carbonyl (C=O) groups is 1. The van der Waals surface area contributed by atoms with Gasteiger partial charge < -0.3 is 4.90 Å². The number of nitrogens with zero attached hydrogens (tertiary/aromatic N) is 1. The summed E-state index contributed by atoms with van der Waals surface area (Å²) in [6.45, 7) is 4.45. The normalized spacial score (nSPS) is 12.3. The van der Waals surface area contributed by atoms with Crippen molar-refractivity contribution < 1.29 is 25.9 Å². The number of amides is 1. The first-order chi connectivity index (χ1) is 16.2. The lowest BCUT2D eigenvalue weighted by molar-refractivity contribution is -0.147. The third-order valence-corrected chi connectivity index (χ3v) is 7.19. The minimum atomic E-state index is -6.28. The zero-order valence-electron chi connectivity index (χ0n) is 21.8. The predicted octanol–water partition coefficient (Wildman–Crippen LogP) is 8.55. The molecule has 0 unspecified atom stereocenters. The summed E-state index contributed by atoms with van der Waals surface area (Å²) >= 11 is 0. The molecule has 0 aromatic heterocycles. The molecule has 0 rings (SSSR count). The van der Waals surface area contributed by atoms with Crippen molar-refractivity contribution in [2.75, 3.05) is 13.1 Å². The Labute approximate surface area is 207 Å². The molecule has 0 aliphatic heterocycles. The number of alkyl halides is 2. The fourth-order valence-corrected chi connectivity index (χ4v) is 4.52. The van der Waals surface area contributed by atoms with Gasteiger partial charge in [-0.2, -0.15) is 17.2 Å². The summed E-state index contributed by atoms with van der Waals surface area (Å²) in [4.78, 5) is 13.0. The van der Waals surface area contributed by atoms with Crippen LogP contribution in [0.1, 0.15) is 142 Å². The predicted molar refractivity (Wildman–Crippen MR) is 135 cm³/mol. The van der Waals surface area contributed by atoms with E-state index in [1.54, 1.807) is 0 Å². The Morgan fingerprint density at radius 1 is 0.588 bits per heavy atom. The SMILES string of the molecule is CCCCCCCCCCCCN(CCCCCCCCCCCC)C(=O)C(F)(F)S(=O)(=O)F. The second-order valence-corrected chi connectivity index (χ2v) is 11.0. The van der Waals surface area contributed by atoms with Gasteiger partial charge in [0.15, 0.2) is 0 Å². The van der Waals surface area contributed by atoms with Crippen molar-refractivity contribution in [3.8, 4) is 0 Å². The van der Waals surface area contributed by atoms with E-state index in [4.69, 9.17) is 0 Å². The highest BCUT2D eigenvalue weighted by molar-refractivity contribution is 7.88. The van der Waals surface area contributed by atoms with E-state index >= 15 is 0 Å². The highest BCUT2D eigenvalue weighted by Gasteiger charge is 2.55. The lowest BCUT2D eigenvalue weighted by Gasteiger charge is -2.25. The molecule has 0 saturated carbocycles. The molecule has 0 radical (unpaired) electrons. The summed E-state index contributed by atoms with van der Waals surface area (Å²) in [7, 11) is -6.28. The van der Waals surface area contributed by atoms with Gasteiger partial charge in [0, 0.05) is 13.1 Å². The van der Waals surface area contributed by atoms with Gasteiger partial charge in [-0.1, -0.05) is 133 Å². The molecule has 1 amide bonds. The molecule has 0 aliphatic rings. The van der Waals surface area contributed by atoms with E-state index in [1.165, 1.54) is 64.2 Å². The summed E-state index contributed by atoms with van der Waals surface area (Å²) in [6.07, 6.45) is 21.3. The number of unbranched alkanes of at least 4 members (excludes halogenated alkanes) is 18. The van der Waals surface area contributed by atoms with Gasteiger partial charge in [-0.25, -0.2) is 0 Å². The second kappa shape index (κ2) is 20.4. The molecule has 204 valence electrons. The minimum Gasteiger partial charge on any atom is -0.336 e. The van der Waals surface area contributed by atoms with Crippen molar-refractivity contribution in [2.45, 2.75) is 148 Å². The molecular weight excluding hydrogens is 463 g/mol. The Morgan fingerprint density at radius 2 is 0.853 bits per heavy atom. The number of rotatable bonds is 24. The molecule has 34 heavy (non-hydrogen) atoms. The highest BCUT2D eigenvalue weighted by Crippen LogP contribution is 2.27. The first-order valence-corrected chi connectivity index (χ1v) is 15.2. The molecule has 0 heterocycles. The van der Waals surface area contributed by atoms with Crippen LogP contribution in [0.4, 0.5) is 12.7 Å². The van der Waals surface area contributed by atoms with Gasteiger partial charge in [0.25, 0.3) is 0 Å². The fourth-order valence-electron chi connectivity index (χ4n) is 4.18. The molecule has 0 bridgehead atoms. The van der Waals surface area contributed by atoms with Crippen molar-refractivity contribution in [1.29, 1.82) is 0 Å². The molecule has 0 saturated heterocycles. The Bertz CT molecular complexity index is 576. The Balaban J connectivity index is 4.31. The van der Waals surface area contributed by atoms with Crippen LogP contribution in [0.25, 0.3) is 0 Å². The van der Waals surface area contributed by atoms with E-state index in [0.29, 0.717) is 12.8 Å². The molecule has 8 heteroatoms. The van der Waals surface area contributed by atoms with Crippen LogP contribution in [0, 0.1) is 0 Å². The molecule has 0 spiro atoms. The Kier molecular flexibility index (Phi) is 19.9. The van der Waals surface area contributed by atoms with Gasteiger partial charge in [0.1, 0.15) is 0 Å². The zero-order valence-corrected chi connectivity index (χ0v) is 22.6. The largest absolute Gasteiger partial charge is 0.451 e. The topological polar surface area (TPSA) is 54.5 Å². The second-order valence-electron chi connectivity index (χ2n) is 9.61. The van der Waals surface area contributed by atoms with E-state index in [2.05, 4.69) is 13.8 Å². The lowest BCUT2D eigenvalue weighted by Crippen LogP contribution is -2.47. The van der Waals surface area contributed by atoms with Crippen molar-refractivity contribution in [3.63, 3.8) is 0 Å². The van der Waals surface area contributed by atoms with E-state index in [0.717, 1.165) is 56.3 Å². The van der Waals surface area contributed by atoms with E-state index in [1.807, 2.05) is 0 Å². The quantitative estimate of drug-likeness (QED) is 0.0959. The fraction of sp³-hybridized carbons (Fsp3) is 0.962. The smallest absolute Gasteiger partial charge is 0.336 e. The van der Waals surface area contributed by atoms with Crippen LogP contribution in [-0.4, -0.2) is 37.6 Å². The van der Waals surface area contributed by atoms with Crippen LogP contribution in [0.15, 0.2) is 0 Å². The van der Waals surface area contributed by atoms with Gasteiger partial charge in [0.05, 0.1) is 0 Å². The third kappa shape index (κ3) is 16.0. The summed E-state index contributed by atoms with van der Waals surface area (Å²) in [6, 6.07) is 0. The van der Waals surface area contributed by atoms with E-state index < -0.39 is 21.4 Å². The molecule has 4 nitrogen and oxygen atoms in total. The number of carbonyl (C=O) groups excluding carboxylic acids is 1. The number of hydrogen-bond donors (Lipinski definition) is 0. The summed E-state index contributed by atoms with van der Waals surface area (Å²) in [5, 5.41) is -5.01. The summed E-state index contributed by atoms with van der Waals surface area (Å²) < 4.78 is 62.3. The van der Waals surface area contributed by atoms with Crippen LogP contribution in [0.3, 0.4) is 0 Å². The Hall–Kier alpha value is -0.790. The maximum absolute atomic E-state index is 13.8. The van der Waals surface area contributed by atoms with E-state index in [9.17, 15) is 25.9 Å². The van der Waals surface area contributed by atoms with Gasteiger partial charge in [-0.3, -0.25) is 4.79 Å². The molecule has 0 aromatic rings. The number of halogens is 3. The zero-order chi connectivity index (χ0) is 25.7. The molecule has 0 fully saturated rings. The maximum atomic E-state index is 13.8. The average molecular weight is 514 g/mol. The number of hydrogen-bond acceptors (Lipinski definition) is 3. The average Bonchev–Trinajstić information content (AvgIpc) is 2.78. The van der Waals surface area contributed by atoms with Gasteiger partial charge in [-0.05, 0) is 12.8 Å². The third-order valence-electron chi connectivity index (χ3n) is 6.41. The maximum Gasteiger partial charge on any atom is 0.451 e. The van der Waals surface area contributed by atoms with Crippen molar-refractivity contribution >= 4 is 16.1 Å². The van der Waals surface area contributed by atoms with Crippen LogP contribution in [0.2, 0.25) is 0 Å². The first-order valence-electron chi connectivity index (χ1n) is 13.8. The van der Waals surface area contributed by atoms with Crippen molar-refractivity contribution in [3.05, 3.63) is 0 Å². The van der Waals surface area contributed by atoms with Gasteiger partial charge >= 0.3 is 21.4 Å². The van der Waals surface area contributed by atoms with Crippen LogP contribution in [-0.2, 0) is 15.0 Å². The Morgan fingerprint density at radius 3 is 1.12 bits per heavy atom. The van der Waals surface area contributed by atoms with Gasteiger partial charge in [0.2, 0.25) is 0 Å².